The first-order chi connectivity index (χ1) is 8.22. The number of pyridine rings is 1. The molecule has 2 rings (SSSR count). The zero-order valence-corrected chi connectivity index (χ0v) is 10.9. The van der Waals surface area contributed by atoms with Gasteiger partial charge in [0.15, 0.2) is 0 Å². The van der Waals surface area contributed by atoms with E-state index < -0.39 is 6.10 Å². The minimum atomic E-state index is -0.788. The predicted octanol–water partition coefficient (Wildman–Crippen LogP) is 2.93. The number of methoxy groups -OCH3 is 1. The van der Waals surface area contributed by atoms with Crippen LogP contribution in [0.25, 0.3) is 0 Å². The minimum Gasteiger partial charge on any atom is -0.496 e. The standard InChI is InChI=1S/C13H12BrNO2/c1-17-11-7-3-2-5-9(11)13(16)10-6-4-8-12(14)15-10/h2-8,13,16H,1H3. The van der Waals surface area contributed by atoms with Crippen molar-refractivity contribution in [1.29, 1.82) is 0 Å². The molecule has 0 aliphatic heterocycles. The molecule has 1 N–H and O–H groups in total. The van der Waals surface area contributed by atoms with E-state index in [4.69, 9.17) is 4.74 Å². The first-order valence-corrected chi connectivity index (χ1v) is 5.95. The number of para-hydroxylation sites is 1. The Morgan fingerprint density at radius 3 is 2.65 bits per heavy atom. The monoisotopic (exact) mass is 293 g/mol. The molecule has 0 fully saturated rings. The number of benzene rings is 1. The summed E-state index contributed by atoms with van der Waals surface area (Å²) in [6.07, 6.45) is -0.788. The van der Waals surface area contributed by atoms with E-state index in [0.29, 0.717) is 21.6 Å². The number of ether oxygens (including phenoxy) is 1. The van der Waals surface area contributed by atoms with Gasteiger partial charge in [-0.3, -0.25) is 0 Å². The Kier molecular flexibility index (Phi) is 3.76. The topological polar surface area (TPSA) is 42.4 Å². The SMILES string of the molecule is COc1ccccc1C(O)c1cccc(Br)n1. The highest BCUT2D eigenvalue weighted by Gasteiger charge is 2.16. The van der Waals surface area contributed by atoms with Crippen molar-refractivity contribution >= 4 is 15.9 Å². The third-order valence-corrected chi connectivity index (χ3v) is 2.89. The summed E-state index contributed by atoms with van der Waals surface area (Å²) in [5.41, 5.74) is 1.30. The Morgan fingerprint density at radius 1 is 1.18 bits per heavy atom. The maximum atomic E-state index is 10.3. The van der Waals surface area contributed by atoms with Crippen LogP contribution in [0.3, 0.4) is 0 Å². The Hall–Kier alpha value is -1.39. The molecule has 1 aromatic heterocycles. The van der Waals surface area contributed by atoms with Gasteiger partial charge in [0.25, 0.3) is 0 Å². The first-order valence-electron chi connectivity index (χ1n) is 5.16. The van der Waals surface area contributed by atoms with Crippen molar-refractivity contribution < 1.29 is 9.84 Å². The van der Waals surface area contributed by atoms with Gasteiger partial charge in [0, 0.05) is 5.56 Å². The third kappa shape index (κ3) is 2.65. The summed E-state index contributed by atoms with van der Waals surface area (Å²) in [6, 6.07) is 12.8. The molecule has 1 aromatic carbocycles. The second-order valence-corrected chi connectivity index (χ2v) is 4.34. The zero-order chi connectivity index (χ0) is 12.3. The quantitative estimate of drug-likeness (QED) is 0.885. The molecule has 0 radical (unpaired) electrons. The fourth-order valence-electron chi connectivity index (χ4n) is 1.63. The van der Waals surface area contributed by atoms with Crippen molar-refractivity contribution in [3.05, 3.63) is 58.3 Å². The molecule has 2 aromatic rings. The number of hydrogen-bond donors (Lipinski definition) is 1. The lowest BCUT2D eigenvalue weighted by Gasteiger charge is -2.14. The molecule has 1 heterocycles. The Labute approximate surface area is 108 Å². The summed E-state index contributed by atoms with van der Waals surface area (Å²) in [6.45, 7) is 0. The molecule has 3 nitrogen and oxygen atoms in total. The largest absolute Gasteiger partial charge is 0.496 e. The van der Waals surface area contributed by atoms with E-state index >= 15 is 0 Å². The second-order valence-electron chi connectivity index (χ2n) is 3.53. The molecule has 0 aliphatic rings. The average molecular weight is 294 g/mol. The van der Waals surface area contributed by atoms with Crippen LogP contribution in [0, 0.1) is 0 Å². The van der Waals surface area contributed by atoms with Crippen molar-refractivity contribution in [2.75, 3.05) is 7.11 Å². The van der Waals surface area contributed by atoms with Crippen molar-refractivity contribution in [3.63, 3.8) is 0 Å². The van der Waals surface area contributed by atoms with Crippen molar-refractivity contribution in [2.45, 2.75) is 6.10 Å². The lowest BCUT2D eigenvalue weighted by atomic mass is 10.1. The van der Waals surface area contributed by atoms with E-state index in [1.807, 2.05) is 36.4 Å². The highest BCUT2D eigenvalue weighted by molar-refractivity contribution is 9.10. The van der Waals surface area contributed by atoms with E-state index in [1.54, 1.807) is 13.2 Å². The second kappa shape index (κ2) is 5.29. The smallest absolute Gasteiger partial charge is 0.125 e. The van der Waals surface area contributed by atoms with Gasteiger partial charge in [0.05, 0.1) is 12.8 Å². The highest BCUT2D eigenvalue weighted by Crippen LogP contribution is 2.29. The van der Waals surface area contributed by atoms with E-state index in [-0.39, 0.29) is 0 Å². The average Bonchev–Trinajstić information content (AvgIpc) is 2.38. The Morgan fingerprint density at radius 2 is 1.94 bits per heavy atom. The summed E-state index contributed by atoms with van der Waals surface area (Å²) in [5.74, 6) is 0.654. The van der Waals surface area contributed by atoms with Crippen molar-refractivity contribution in [3.8, 4) is 5.75 Å². The maximum Gasteiger partial charge on any atom is 0.125 e. The zero-order valence-electron chi connectivity index (χ0n) is 9.30. The van der Waals surface area contributed by atoms with E-state index in [0.717, 1.165) is 0 Å². The summed E-state index contributed by atoms with van der Waals surface area (Å²) in [4.78, 5) is 4.24. The number of halogens is 1. The van der Waals surface area contributed by atoms with E-state index in [9.17, 15) is 5.11 Å². The van der Waals surface area contributed by atoms with Crippen molar-refractivity contribution in [1.82, 2.24) is 4.98 Å². The summed E-state index contributed by atoms with van der Waals surface area (Å²) < 4.78 is 5.92. The van der Waals surface area contributed by atoms with Gasteiger partial charge in [-0.15, -0.1) is 0 Å². The molecule has 17 heavy (non-hydrogen) atoms. The summed E-state index contributed by atoms with van der Waals surface area (Å²) >= 11 is 3.29. The van der Waals surface area contributed by atoms with E-state index in [2.05, 4.69) is 20.9 Å². The van der Waals surface area contributed by atoms with Gasteiger partial charge in [-0.2, -0.15) is 0 Å². The number of nitrogens with zero attached hydrogens (tertiary/aromatic N) is 1. The van der Waals surface area contributed by atoms with Crippen LogP contribution in [0.15, 0.2) is 47.1 Å². The molecule has 0 saturated heterocycles. The van der Waals surface area contributed by atoms with Crippen LogP contribution in [-0.2, 0) is 0 Å². The lowest BCUT2D eigenvalue weighted by molar-refractivity contribution is 0.209. The summed E-state index contributed by atoms with van der Waals surface area (Å²) in [7, 11) is 1.58. The molecule has 1 atom stereocenters. The van der Waals surface area contributed by atoms with Gasteiger partial charge in [0.2, 0.25) is 0 Å². The summed E-state index contributed by atoms with van der Waals surface area (Å²) in [5, 5.41) is 10.3. The van der Waals surface area contributed by atoms with Gasteiger partial charge in [0.1, 0.15) is 16.5 Å². The van der Waals surface area contributed by atoms with Crippen LogP contribution < -0.4 is 4.74 Å². The predicted molar refractivity (Wildman–Crippen MR) is 69.0 cm³/mol. The Bertz CT molecular complexity index is 516. The molecular weight excluding hydrogens is 282 g/mol. The fourth-order valence-corrected chi connectivity index (χ4v) is 1.99. The van der Waals surface area contributed by atoms with Gasteiger partial charge in [-0.25, -0.2) is 4.98 Å². The molecule has 88 valence electrons. The maximum absolute atomic E-state index is 10.3. The van der Waals surface area contributed by atoms with Crippen LogP contribution >= 0.6 is 15.9 Å². The van der Waals surface area contributed by atoms with Crippen LogP contribution in [0.2, 0.25) is 0 Å². The van der Waals surface area contributed by atoms with Crippen LogP contribution in [0.4, 0.5) is 0 Å². The molecule has 1 unspecified atom stereocenters. The minimum absolute atomic E-state index is 0.587. The molecule has 0 amide bonds. The first kappa shape index (κ1) is 12.1. The van der Waals surface area contributed by atoms with Crippen molar-refractivity contribution in [2.24, 2.45) is 0 Å². The molecule has 4 heteroatoms. The van der Waals surface area contributed by atoms with Gasteiger partial charge in [-0.05, 0) is 34.1 Å². The van der Waals surface area contributed by atoms with Gasteiger partial charge < -0.3 is 9.84 Å². The van der Waals surface area contributed by atoms with Crippen LogP contribution in [0.5, 0.6) is 5.75 Å². The highest BCUT2D eigenvalue weighted by atomic mass is 79.9. The van der Waals surface area contributed by atoms with Gasteiger partial charge in [-0.1, -0.05) is 24.3 Å². The van der Waals surface area contributed by atoms with Crippen LogP contribution in [-0.4, -0.2) is 17.2 Å². The molecule has 0 spiro atoms. The van der Waals surface area contributed by atoms with Crippen LogP contribution in [0.1, 0.15) is 17.4 Å². The molecule has 0 aliphatic carbocycles. The Balaban J connectivity index is 2.40. The lowest BCUT2D eigenvalue weighted by Crippen LogP contribution is -2.04. The molecular formula is C13H12BrNO2. The number of aliphatic hydroxyl groups excluding tert-OH is 1. The molecule has 0 bridgehead atoms. The fraction of sp³-hybridized carbons (Fsp3) is 0.154. The number of aliphatic hydroxyl groups is 1. The third-order valence-electron chi connectivity index (χ3n) is 2.45. The van der Waals surface area contributed by atoms with Gasteiger partial charge >= 0.3 is 0 Å². The number of hydrogen-bond acceptors (Lipinski definition) is 3. The normalized spacial score (nSPS) is 12.2. The molecule has 0 saturated carbocycles. The number of aromatic nitrogens is 1. The van der Waals surface area contributed by atoms with E-state index in [1.165, 1.54) is 0 Å². The number of rotatable bonds is 3.